The number of carbonyl (C=O) groups is 1. The second kappa shape index (κ2) is 13.0. The number of fused-ring (bicyclic) bond motifs is 8. The molecule has 1 unspecified atom stereocenters. The summed E-state index contributed by atoms with van der Waals surface area (Å²) >= 11 is 0. The van der Waals surface area contributed by atoms with Crippen molar-refractivity contribution < 1.29 is 9.90 Å². The van der Waals surface area contributed by atoms with Gasteiger partial charge < -0.3 is 15.1 Å². The smallest absolute Gasteiger partial charge is 0.335 e. The summed E-state index contributed by atoms with van der Waals surface area (Å²) in [4.78, 5) is 30.2. The van der Waals surface area contributed by atoms with Crippen LogP contribution < -0.4 is 0 Å². The molecule has 9 rings (SSSR count). The number of aromatic nitrogens is 4. The highest BCUT2D eigenvalue weighted by Gasteiger charge is 2.22. The van der Waals surface area contributed by atoms with Crippen LogP contribution in [0.15, 0.2) is 127 Å². The Morgan fingerprint density at radius 3 is 1.65 bits per heavy atom. The summed E-state index contributed by atoms with van der Waals surface area (Å²) in [7, 11) is 0. The normalized spacial score (nSPS) is 15.1. The Kier molecular flexibility index (Phi) is 7.85. The van der Waals surface area contributed by atoms with Crippen molar-refractivity contribution in [3.8, 4) is 33.4 Å². The zero-order valence-electron chi connectivity index (χ0n) is 28.7. The van der Waals surface area contributed by atoms with Crippen LogP contribution in [0.2, 0.25) is 0 Å². The Labute approximate surface area is 301 Å². The Balaban J connectivity index is 1.45. The molecule has 252 valence electrons. The number of carboxylic acids is 1. The molecule has 0 radical (unpaired) electrons. The highest BCUT2D eigenvalue weighted by molar-refractivity contribution is 5.98. The number of benzene rings is 3. The van der Waals surface area contributed by atoms with Gasteiger partial charge in [-0.25, -0.2) is 9.78 Å². The molecule has 6 nitrogen and oxygen atoms in total. The highest BCUT2D eigenvalue weighted by Crippen LogP contribution is 2.38. The van der Waals surface area contributed by atoms with Crippen molar-refractivity contribution in [3.05, 3.63) is 161 Å². The summed E-state index contributed by atoms with van der Waals surface area (Å²) in [6, 6.07) is 36.4. The SMILES string of the molecule is CC1C=C(c2c3nc(c(-c4ccccc4)c4ccc([nH]4)c(-c4ccc(C(=O)O)cc4)c4nc(c(-c5ccccc5)c5ccc2[nH]5)C=C4)CC3)C=CC1. The fraction of sp³-hybridized carbons (Fsp3) is 0.109. The molecule has 0 amide bonds. The maximum atomic E-state index is 11.8. The second-order valence-electron chi connectivity index (χ2n) is 13.6. The molecule has 0 spiro atoms. The van der Waals surface area contributed by atoms with Crippen LogP contribution in [0.3, 0.4) is 0 Å². The molecule has 2 aliphatic heterocycles. The fourth-order valence-electron chi connectivity index (χ4n) is 7.72. The van der Waals surface area contributed by atoms with E-state index in [4.69, 9.17) is 9.97 Å². The maximum Gasteiger partial charge on any atom is 0.335 e. The number of aryl methyl sites for hydroxylation is 2. The van der Waals surface area contributed by atoms with Crippen molar-refractivity contribution in [3.63, 3.8) is 0 Å². The summed E-state index contributed by atoms with van der Waals surface area (Å²) in [5.74, 6) is -0.528. The lowest BCUT2D eigenvalue weighted by atomic mass is 9.92. The van der Waals surface area contributed by atoms with Crippen molar-refractivity contribution >= 4 is 45.8 Å². The molecule has 0 fully saturated rings. The van der Waals surface area contributed by atoms with Crippen LogP contribution in [0.4, 0.5) is 0 Å². The van der Waals surface area contributed by atoms with Crippen LogP contribution in [0.1, 0.15) is 52.0 Å². The Bertz CT molecular complexity index is 2630. The van der Waals surface area contributed by atoms with E-state index in [-0.39, 0.29) is 5.56 Å². The van der Waals surface area contributed by atoms with Gasteiger partial charge in [0.25, 0.3) is 0 Å². The van der Waals surface area contributed by atoms with E-state index in [1.54, 1.807) is 12.1 Å². The lowest BCUT2D eigenvalue weighted by Gasteiger charge is -2.14. The molecule has 8 bridgehead atoms. The van der Waals surface area contributed by atoms with Crippen molar-refractivity contribution in [2.75, 3.05) is 0 Å². The van der Waals surface area contributed by atoms with Crippen LogP contribution in [-0.2, 0) is 12.8 Å². The predicted molar refractivity (Wildman–Crippen MR) is 212 cm³/mol. The zero-order chi connectivity index (χ0) is 35.2. The van der Waals surface area contributed by atoms with E-state index in [2.05, 4.69) is 120 Å². The van der Waals surface area contributed by atoms with Gasteiger partial charge in [-0.15, -0.1) is 0 Å². The molecule has 3 aromatic heterocycles. The lowest BCUT2D eigenvalue weighted by molar-refractivity contribution is 0.0697. The molecule has 5 heterocycles. The van der Waals surface area contributed by atoms with E-state index < -0.39 is 5.97 Å². The van der Waals surface area contributed by atoms with Crippen LogP contribution in [0.5, 0.6) is 0 Å². The summed E-state index contributed by atoms with van der Waals surface area (Å²) in [5.41, 5.74) is 16.1. The largest absolute Gasteiger partial charge is 0.478 e. The lowest BCUT2D eigenvalue weighted by Crippen LogP contribution is -1.98. The molecule has 1 atom stereocenters. The van der Waals surface area contributed by atoms with Gasteiger partial charge in [-0.1, -0.05) is 97.9 Å². The molecule has 6 aromatic rings. The van der Waals surface area contributed by atoms with E-state index >= 15 is 0 Å². The number of carboxylic acid groups (broad SMARTS) is 1. The van der Waals surface area contributed by atoms with Gasteiger partial charge in [0.15, 0.2) is 0 Å². The van der Waals surface area contributed by atoms with Gasteiger partial charge >= 0.3 is 5.97 Å². The molecule has 3 N–H and O–H groups in total. The van der Waals surface area contributed by atoms with Gasteiger partial charge in [-0.2, -0.15) is 0 Å². The first kappa shape index (κ1) is 31.5. The number of hydrogen-bond acceptors (Lipinski definition) is 3. The summed E-state index contributed by atoms with van der Waals surface area (Å²) in [6.07, 6.45) is 13.7. The number of nitrogens with zero attached hydrogens (tertiary/aromatic N) is 2. The molecule has 0 saturated carbocycles. The third kappa shape index (κ3) is 5.68. The van der Waals surface area contributed by atoms with E-state index in [0.717, 1.165) is 103 Å². The van der Waals surface area contributed by atoms with Gasteiger partial charge in [0, 0.05) is 44.3 Å². The number of aromatic carboxylic acids is 1. The number of aromatic amines is 2. The van der Waals surface area contributed by atoms with Crippen molar-refractivity contribution in [2.24, 2.45) is 5.92 Å². The second-order valence-corrected chi connectivity index (χ2v) is 13.6. The zero-order valence-corrected chi connectivity index (χ0v) is 28.7. The van der Waals surface area contributed by atoms with Gasteiger partial charge in [-0.3, -0.25) is 4.98 Å². The van der Waals surface area contributed by atoms with Gasteiger partial charge in [0.05, 0.1) is 28.3 Å². The number of nitrogens with one attached hydrogen (secondary N) is 2. The molecule has 52 heavy (non-hydrogen) atoms. The average Bonchev–Trinajstić information content (AvgIpc) is 4.01. The van der Waals surface area contributed by atoms with Crippen LogP contribution in [0.25, 0.3) is 73.2 Å². The standard InChI is InChI=1S/C46H36N4O2/c1-28-9-8-14-33(27-28)45-40-25-23-36(49-40)42(29-10-4-2-5-11-29)34-19-21-38(47-34)44(31-15-17-32(18-16-31)46(51)52)39-22-20-35(48-39)43(30-12-6-3-7-13-30)37-24-26-41(45)50-37/h2-8,10-23,25,27-28,48-49H,9,24,26H2,1H3,(H,51,52). The molecule has 0 saturated heterocycles. The fourth-order valence-corrected chi connectivity index (χ4v) is 7.72. The topological polar surface area (TPSA) is 94.7 Å². The van der Waals surface area contributed by atoms with Gasteiger partial charge in [0.2, 0.25) is 0 Å². The number of H-pyrrole nitrogens is 2. The molecule has 6 heteroatoms. The van der Waals surface area contributed by atoms with Gasteiger partial charge in [0.1, 0.15) is 0 Å². The van der Waals surface area contributed by atoms with Crippen molar-refractivity contribution in [1.82, 2.24) is 19.9 Å². The molecule has 3 aromatic carbocycles. The minimum absolute atomic E-state index is 0.235. The highest BCUT2D eigenvalue weighted by atomic mass is 16.4. The third-order valence-electron chi connectivity index (χ3n) is 10.2. The summed E-state index contributed by atoms with van der Waals surface area (Å²) < 4.78 is 0. The maximum absolute atomic E-state index is 11.8. The number of allylic oxidation sites excluding steroid dienone is 4. The quantitative estimate of drug-likeness (QED) is 0.169. The van der Waals surface area contributed by atoms with Crippen LogP contribution >= 0.6 is 0 Å². The summed E-state index contributed by atoms with van der Waals surface area (Å²) in [6.45, 7) is 2.27. The first-order chi connectivity index (χ1) is 25.5. The van der Waals surface area contributed by atoms with E-state index in [1.165, 1.54) is 5.57 Å². The van der Waals surface area contributed by atoms with E-state index in [1.807, 2.05) is 24.3 Å². The van der Waals surface area contributed by atoms with Crippen LogP contribution in [-0.4, -0.2) is 31.0 Å². The first-order valence-corrected chi connectivity index (χ1v) is 17.8. The molecule has 1 aliphatic carbocycles. The van der Waals surface area contributed by atoms with Crippen LogP contribution in [0, 0.1) is 5.92 Å². The monoisotopic (exact) mass is 676 g/mol. The Morgan fingerprint density at radius 2 is 1.10 bits per heavy atom. The molecular formula is C46H36N4O2. The average molecular weight is 677 g/mol. The Hall–Kier alpha value is -6.53. The summed E-state index contributed by atoms with van der Waals surface area (Å²) in [5, 5.41) is 9.66. The molecular weight excluding hydrogens is 641 g/mol. The predicted octanol–water partition coefficient (Wildman–Crippen LogP) is 10.9. The first-order valence-electron chi connectivity index (χ1n) is 17.8. The molecule has 3 aliphatic rings. The minimum atomic E-state index is -0.959. The third-order valence-corrected chi connectivity index (χ3v) is 10.2. The Morgan fingerprint density at radius 1 is 0.596 bits per heavy atom. The van der Waals surface area contributed by atoms with E-state index in [0.29, 0.717) is 5.92 Å². The number of rotatable bonds is 5. The van der Waals surface area contributed by atoms with E-state index in [9.17, 15) is 9.90 Å². The minimum Gasteiger partial charge on any atom is -0.478 e. The van der Waals surface area contributed by atoms with Gasteiger partial charge in [-0.05, 0) is 96.0 Å². The van der Waals surface area contributed by atoms with Crippen molar-refractivity contribution in [1.29, 1.82) is 0 Å². The van der Waals surface area contributed by atoms with Crippen molar-refractivity contribution in [2.45, 2.75) is 26.2 Å². The number of hydrogen-bond donors (Lipinski definition) is 3.